The number of hydrazine groups is 1. The summed E-state index contributed by atoms with van der Waals surface area (Å²) in [5, 5.41) is 10.9. The van der Waals surface area contributed by atoms with Crippen molar-refractivity contribution in [1.29, 1.82) is 0 Å². The van der Waals surface area contributed by atoms with Gasteiger partial charge in [-0.25, -0.2) is 0 Å². The molecule has 0 saturated carbocycles. The van der Waals surface area contributed by atoms with Crippen molar-refractivity contribution in [2.75, 3.05) is 13.7 Å². The van der Waals surface area contributed by atoms with Gasteiger partial charge in [-0.15, -0.1) is 0 Å². The predicted octanol–water partition coefficient (Wildman–Crippen LogP) is 2.06. The van der Waals surface area contributed by atoms with Gasteiger partial charge in [0.2, 0.25) is 0 Å². The highest BCUT2D eigenvalue weighted by Crippen LogP contribution is 2.24. The van der Waals surface area contributed by atoms with Crippen LogP contribution in [0.25, 0.3) is 0 Å². The molecule has 0 heterocycles. The van der Waals surface area contributed by atoms with Crippen molar-refractivity contribution >= 4 is 17.5 Å². The van der Waals surface area contributed by atoms with Gasteiger partial charge in [0.1, 0.15) is 11.5 Å². The summed E-state index contributed by atoms with van der Waals surface area (Å²) in [6.07, 6.45) is 0. The summed E-state index contributed by atoms with van der Waals surface area (Å²) >= 11 is 0. The molecule has 0 radical (unpaired) electrons. The number of nitro benzene ring substituents is 1. The van der Waals surface area contributed by atoms with E-state index in [-0.39, 0.29) is 23.6 Å². The Morgan fingerprint density at radius 2 is 1.78 bits per heavy atom. The molecule has 27 heavy (non-hydrogen) atoms. The summed E-state index contributed by atoms with van der Waals surface area (Å²) in [5.74, 6) is -0.607. The van der Waals surface area contributed by atoms with E-state index in [1.54, 1.807) is 0 Å². The molecule has 2 N–H and O–H groups in total. The average molecular weight is 373 g/mol. The van der Waals surface area contributed by atoms with Crippen LogP contribution in [0.2, 0.25) is 0 Å². The Balaban J connectivity index is 1.98. The van der Waals surface area contributed by atoms with Crippen molar-refractivity contribution in [3.05, 3.63) is 63.2 Å². The molecule has 2 amide bonds. The Morgan fingerprint density at radius 3 is 2.37 bits per heavy atom. The van der Waals surface area contributed by atoms with Gasteiger partial charge < -0.3 is 9.47 Å². The highest BCUT2D eigenvalue weighted by molar-refractivity contribution is 5.98. The fourth-order valence-electron chi connectivity index (χ4n) is 2.38. The maximum atomic E-state index is 12.2. The first-order valence-corrected chi connectivity index (χ1v) is 7.94. The number of carbonyl (C=O) groups is 2. The molecule has 9 heteroatoms. The van der Waals surface area contributed by atoms with Crippen molar-refractivity contribution in [2.45, 2.75) is 13.8 Å². The number of nitro groups is 1. The van der Waals surface area contributed by atoms with Crippen LogP contribution in [0.15, 0.2) is 36.4 Å². The largest absolute Gasteiger partial charge is 0.496 e. The number of non-ortho nitro benzene ring substituents is 1. The highest BCUT2D eigenvalue weighted by atomic mass is 16.6. The number of nitrogens with one attached hydrogen (secondary N) is 2. The van der Waals surface area contributed by atoms with E-state index in [4.69, 9.17) is 9.47 Å². The van der Waals surface area contributed by atoms with Crippen LogP contribution in [0.5, 0.6) is 11.5 Å². The Hall–Kier alpha value is -3.62. The first-order valence-electron chi connectivity index (χ1n) is 7.94. The minimum absolute atomic E-state index is 0.0809. The lowest BCUT2D eigenvalue weighted by molar-refractivity contribution is -0.384. The number of nitrogens with zero attached hydrogens (tertiary/aromatic N) is 1. The number of hydrogen-bond acceptors (Lipinski definition) is 6. The van der Waals surface area contributed by atoms with E-state index in [2.05, 4.69) is 10.9 Å². The normalized spacial score (nSPS) is 10.0. The van der Waals surface area contributed by atoms with E-state index < -0.39 is 16.7 Å². The molecule has 2 aromatic rings. The van der Waals surface area contributed by atoms with Crippen LogP contribution in [0.1, 0.15) is 21.5 Å². The smallest absolute Gasteiger partial charge is 0.276 e. The second-order valence-electron chi connectivity index (χ2n) is 5.65. The second kappa shape index (κ2) is 8.65. The zero-order valence-electron chi connectivity index (χ0n) is 15.1. The standard InChI is InChI=1S/C18H19N3O6/c1-11-5-4-6-12(2)17(11)27-10-16(22)19-20-18(23)14-9-13(21(24)25)7-8-15(14)26-3/h4-9H,10H2,1-3H3,(H,19,22)(H,20,23). The average Bonchev–Trinajstić information content (AvgIpc) is 2.65. The van der Waals surface area contributed by atoms with Crippen LogP contribution in [-0.4, -0.2) is 30.5 Å². The maximum Gasteiger partial charge on any atom is 0.276 e. The lowest BCUT2D eigenvalue weighted by atomic mass is 10.1. The lowest BCUT2D eigenvalue weighted by Gasteiger charge is -2.13. The number of amides is 2. The van der Waals surface area contributed by atoms with E-state index in [1.165, 1.54) is 19.2 Å². The van der Waals surface area contributed by atoms with Gasteiger partial charge in [-0.3, -0.25) is 30.6 Å². The second-order valence-corrected chi connectivity index (χ2v) is 5.65. The van der Waals surface area contributed by atoms with Gasteiger partial charge in [0, 0.05) is 12.1 Å². The number of carbonyl (C=O) groups excluding carboxylic acids is 2. The van der Waals surface area contributed by atoms with Crippen molar-refractivity contribution in [3.63, 3.8) is 0 Å². The van der Waals surface area contributed by atoms with Crippen molar-refractivity contribution < 1.29 is 24.0 Å². The van der Waals surface area contributed by atoms with Crippen LogP contribution in [0.3, 0.4) is 0 Å². The zero-order valence-corrected chi connectivity index (χ0v) is 15.1. The van der Waals surface area contributed by atoms with Gasteiger partial charge in [-0.1, -0.05) is 18.2 Å². The van der Waals surface area contributed by atoms with Gasteiger partial charge in [-0.05, 0) is 31.0 Å². The minimum atomic E-state index is -0.754. The molecule has 0 spiro atoms. The summed E-state index contributed by atoms with van der Waals surface area (Å²) in [6.45, 7) is 3.41. The fraction of sp³-hybridized carbons (Fsp3) is 0.222. The number of rotatable bonds is 6. The van der Waals surface area contributed by atoms with Crippen LogP contribution in [-0.2, 0) is 4.79 Å². The van der Waals surface area contributed by atoms with Crippen LogP contribution in [0, 0.1) is 24.0 Å². The molecular formula is C18H19N3O6. The molecular weight excluding hydrogens is 354 g/mol. The predicted molar refractivity (Wildman–Crippen MR) is 96.7 cm³/mol. The third-order valence-electron chi connectivity index (χ3n) is 3.71. The molecule has 0 aromatic heterocycles. The quantitative estimate of drug-likeness (QED) is 0.591. The van der Waals surface area contributed by atoms with Gasteiger partial charge in [0.05, 0.1) is 17.6 Å². The molecule has 0 saturated heterocycles. The molecule has 0 atom stereocenters. The van der Waals surface area contributed by atoms with Crippen molar-refractivity contribution in [1.82, 2.24) is 10.9 Å². The lowest BCUT2D eigenvalue weighted by Crippen LogP contribution is -2.44. The van der Waals surface area contributed by atoms with Gasteiger partial charge in [0.25, 0.3) is 17.5 Å². The molecule has 2 aromatic carbocycles. The van der Waals surface area contributed by atoms with Gasteiger partial charge >= 0.3 is 0 Å². The summed E-state index contributed by atoms with van der Waals surface area (Å²) in [6, 6.07) is 9.18. The van der Waals surface area contributed by atoms with Crippen LogP contribution >= 0.6 is 0 Å². The third kappa shape index (κ3) is 4.94. The number of para-hydroxylation sites is 1. The summed E-state index contributed by atoms with van der Waals surface area (Å²) in [5.41, 5.74) is 5.80. The summed E-state index contributed by atoms with van der Waals surface area (Å²) in [4.78, 5) is 34.4. The Bertz CT molecular complexity index is 861. The third-order valence-corrected chi connectivity index (χ3v) is 3.71. The Morgan fingerprint density at radius 1 is 1.11 bits per heavy atom. The van der Waals surface area contributed by atoms with Crippen molar-refractivity contribution in [2.24, 2.45) is 0 Å². The van der Waals surface area contributed by atoms with E-state index in [1.807, 2.05) is 32.0 Å². The summed E-state index contributed by atoms with van der Waals surface area (Å²) in [7, 11) is 1.33. The Labute approximate surface area is 155 Å². The minimum Gasteiger partial charge on any atom is -0.496 e. The monoisotopic (exact) mass is 373 g/mol. The van der Waals surface area contributed by atoms with Crippen molar-refractivity contribution in [3.8, 4) is 11.5 Å². The van der Waals surface area contributed by atoms with E-state index in [0.717, 1.165) is 17.2 Å². The summed E-state index contributed by atoms with van der Waals surface area (Å²) < 4.78 is 10.5. The molecule has 0 aliphatic heterocycles. The number of benzene rings is 2. The first kappa shape index (κ1) is 19.7. The van der Waals surface area contributed by atoms with Gasteiger partial charge in [-0.2, -0.15) is 0 Å². The highest BCUT2D eigenvalue weighted by Gasteiger charge is 2.18. The van der Waals surface area contributed by atoms with Gasteiger partial charge in [0.15, 0.2) is 6.61 Å². The first-order chi connectivity index (χ1) is 12.8. The molecule has 0 aliphatic rings. The molecule has 9 nitrogen and oxygen atoms in total. The number of ether oxygens (including phenoxy) is 2. The number of methoxy groups -OCH3 is 1. The van der Waals surface area contributed by atoms with Crippen LogP contribution < -0.4 is 20.3 Å². The van der Waals surface area contributed by atoms with E-state index in [0.29, 0.717) is 5.75 Å². The molecule has 0 aliphatic carbocycles. The zero-order chi connectivity index (χ0) is 20.0. The fourth-order valence-corrected chi connectivity index (χ4v) is 2.38. The molecule has 0 fully saturated rings. The molecule has 0 unspecified atom stereocenters. The number of aryl methyl sites for hydroxylation is 2. The van der Waals surface area contributed by atoms with E-state index >= 15 is 0 Å². The van der Waals surface area contributed by atoms with Crippen LogP contribution in [0.4, 0.5) is 5.69 Å². The maximum absolute atomic E-state index is 12.2. The molecule has 2 rings (SSSR count). The topological polar surface area (TPSA) is 120 Å². The molecule has 142 valence electrons. The SMILES string of the molecule is COc1ccc([N+](=O)[O-])cc1C(=O)NNC(=O)COc1c(C)cccc1C. The Kier molecular flexibility index (Phi) is 6.32. The number of hydrogen-bond donors (Lipinski definition) is 2. The van der Waals surface area contributed by atoms with E-state index in [9.17, 15) is 19.7 Å². The molecule has 0 bridgehead atoms.